The van der Waals surface area contributed by atoms with Crippen LogP contribution in [0.2, 0.25) is 0 Å². The van der Waals surface area contributed by atoms with E-state index in [1.165, 1.54) is 11.0 Å². The fourth-order valence-electron chi connectivity index (χ4n) is 2.66. The molecule has 1 N–H and O–H groups in total. The molecule has 0 aliphatic rings. The maximum absolute atomic E-state index is 12.6. The summed E-state index contributed by atoms with van der Waals surface area (Å²) in [6.45, 7) is 5.45. The molecule has 164 valence electrons. The van der Waals surface area contributed by atoms with Crippen LogP contribution in [0.3, 0.4) is 0 Å². The maximum atomic E-state index is 12.6. The molecule has 1 aromatic carbocycles. The number of carbonyl (C=O) groups excluding carboxylic acids is 4. The fourth-order valence-corrected chi connectivity index (χ4v) is 2.66. The summed E-state index contributed by atoms with van der Waals surface area (Å²) in [5.74, 6) is -1.09. The third-order valence-corrected chi connectivity index (χ3v) is 4.33. The number of carbonyl (C=O) groups is 4. The van der Waals surface area contributed by atoms with E-state index in [0.717, 1.165) is 4.90 Å². The zero-order chi connectivity index (χ0) is 22.4. The van der Waals surface area contributed by atoms with Gasteiger partial charge in [0.25, 0.3) is 0 Å². The summed E-state index contributed by atoms with van der Waals surface area (Å²) in [7, 11) is 1.59. The Labute approximate surface area is 177 Å². The summed E-state index contributed by atoms with van der Waals surface area (Å²) in [5, 5.41) is 2.54. The monoisotopic (exact) mass is 417 g/mol. The third kappa shape index (κ3) is 8.89. The highest BCUT2D eigenvalue weighted by atomic mass is 16.5. The van der Waals surface area contributed by atoms with E-state index in [0.29, 0.717) is 38.0 Å². The van der Waals surface area contributed by atoms with Crippen LogP contribution in [0.25, 0.3) is 0 Å². The number of hydrogen-bond donors (Lipinski definition) is 1. The molecule has 0 aliphatic carbocycles. The number of rotatable bonds is 12. The van der Waals surface area contributed by atoms with Gasteiger partial charge in [0.05, 0.1) is 6.61 Å². The molecule has 0 saturated heterocycles. The summed E-state index contributed by atoms with van der Waals surface area (Å²) in [5.41, 5.74) is 0.667. The van der Waals surface area contributed by atoms with Gasteiger partial charge < -0.3 is 15.0 Å². The van der Waals surface area contributed by atoms with Gasteiger partial charge in [0.1, 0.15) is 6.54 Å². The molecule has 0 radical (unpaired) electrons. The van der Waals surface area contributed by atoms with Crippen molar-refractivity contribution < 1.29 is 23.9 Å². The van der Waals surface area contributed by atoms with Gasteiger partial charge in [-0.2, -0.15) is 0 Å². The zero-order valence-electron chi connectivity index (χ0n) is 17.8. The average Bonchev–Trinajstić information content (AvgIpc) is 2.75. The largest absolute Gasteiger partial charge is 0.466 e. The predicted molar refractivity (Wildman–Crippen MR) is 115 cm³/mol. The van der Waals surface area contributed by atoms with Crippen molar-refractivity contribution in [2.75, 3.05) is 31.6 Å². The van der Waals surface area contributed by atoms with Crippen molar-refractivity contribution in [1.29, 1.82) is 0 Å². The van der Waals surface area contributed by atoms with Gasteiger partial charge in [-0.1, -0.05) is 30.7 Å². The Morgan fingerprint density at radius 3 is 2.33 bits per heavy atom. The molecule has 0 saturated carbocycles. The van der Waals surface area contributed by atoms with E-state index in [-0.39, 0.29) is 31.4 Å². The number of esters is 1. The Balaban J connectivity index is 2.64. The molecule has 8 nitrogen and oxygen atoms in total. The summed E-state index contributed by atoms with van der Waals surface area (Å²) in [4.78, 5) is 51.3. The van der Waals surface area contributed by atoms with E-state index in [2.05, 4.69) is 11.9 Å². The van der Waals surface area contributed by atoms with Crippen LogP contribution in [0.15, 0.2) is 43.0 Å². The molecule has 1 aromatic rings. The van der Waals surface area contributed by atoms with E-state index in [4.69, 9.17) is 4.74 Å². The standard InChI is InChI=1S/C22H31N3O5/c1-4-16-23-22(29)25(17-20(27)24(3)18-12-8-6-9-13-18)19(26)14-10-7-11-15-21(28)30-5-2/h4,6,8-9,12-13H,1,5,7,10-11,14-17H2,2-3H3,(H,23,29). The Morgan fingerprint density at radius 1 is 1.03 bits per heavy atom. The summed E-state index contributed by atoms with van der Waals surface area (Å²) in [6.07, 6.45) is 3.65. The number of amides is 4. The van der Waals surface area contributed by atoms with Gasteiger partial charge in [0.2, 0.25) is 11.8 Å². The molecular formula is C22H31N3O5. The van der Waals surface area contributed by atoms with Crippen molar-refractivity contribution in [3.8, 4) is 0 Å². The van der Waals surface area contributed by atoms with Crippen molar-refractivity contribution in [3.05, 3.63) is 43.0 Å². The average molecular weight is 418 g/mol. The van der Waals surface area contributed by atoms with Crippen molar-refractivity contribution in [2.24, 2.45) is 0 Å². The highest BCUT2D eigenvalue weighted by Gasteiger charge is 2.25. The smallest absolute Gasteiger partial charge is 0.324 e. The maximum Gasteiger partial charge on any atom is 0.324 e. The molecule has 0 atom stereocenters. The van der Waals surface area contributed by atoms with E-state index in [1.54, 1.807) is 38.2 Å². The molecule has 0 fully saturated rings. The Morgan fingerprint density at radius 2 is 1.70 bits per heavy atom. The molecule has 1 rings (SSSR count). The fraction of sp³-hybridized carbons (Fsp3) is 0.455. The quantitative estimate of drug-likeness (QED) is 0.320. The first-order valence-corrected chi connectivity index (χ1v) is 10.1. The zero-order valence-corrected chi connectivity index (χ0v) is 17.8. The molecule has 0 spiro atoms. The second-order valence-electron chi connectivity index (χ2n) is 6.61. The van der Waals surface area contributed by atoms with Crippen LogP contribution in [-0.2, 0) is 19.1 Å². The molecule has 0 aromatic heterocycles. The van der Waals surface area contributed by atoms with Crippen LogP contribution in [0.4, 0.5) is 10.5 Å². The lowest BCUT2D eigenvalue weighted by atomic mass is 10.1. The van der Waals surface area contributed by atoms with Crippen LogP contribution in [0.5, 0.6) is 0 Å². The lowest BCUT2D eigenvalue weighted by molar-refractivity contribution is -0.143. The Hall–Kier alpha value is -3.16. The Bertz CT molecular complexity index is 721. The van der Waals surface area contributed by atoms with Crippen molar-refractivity contribution in [1.82, 2.24) is 10.2 Å². The molecule has 0 aliphatic heterocycles. The number of nitrogens with zero attached hydrogens (tertiary/aromatic N) is 2. The number of hydrogen-bond acceptors (Lipinski definition) is 5. The molecule has 4 amide bonds. The van der Waals surface area contributed by atoms with Crippen LogP contribution in [0.1, 0.15) is 39.0 Å². The van der Waals surface area contributed by atoms with Gasteiger partial charge in [-0.15, -0.1) is 6.58 Å². The number of ether oxygens (including phenoxy) is 1. The van der Waals surface area contributed by atoms with Gasteiger partial charge >= 0.3 is 12.0 Å². The molecule has 0 unspecified atom stereocenters. The minimum absolute atomic E-state index is 0.104. The molecule has 0 bridgehead atoms. The summed E-state index contributed by atoms with van der Waals surface area (Å²) >= 11 is 0. The van der Waals surface area contributed by atoms with Gasteiger partial charge in [0, 0.05) is 32.1 Å². The number of anilines is 1. The Kier molecular flexibility index (Phi) is 11.5. The van der Waals surface area contributed by atoms with Gasteiger partial charge in [-0.05, 0) is 31.9 Å². The number of urea groups is 1. The second-order valence-corrected chi connectivity index (χ2v) is 6.61. The van der Waals surface area contributed by atoms with Crippen molar-refractivity contribution in [3.63, 3.8) is 0 Å². The number of nitrogens with one attached hydrogen (secondary N) is 1. The minimum atomic E-state index is -0.638. The lowest BCUT2D eigenvalue weighted by Gasteiger charge is -2.24. The van der Waals surface area contributed by atoms with E-state index in [1.807, 2.05) is 6.07 Å². The number of unbranched alkanes of at least 4 members (excludes halogenated alkanes) is 2. The molecule has 30 heavy (non-hydrogen) atoms. The van der Waals surface area contributed by atoms with E-state index in [9.17, 15) is 19.2 Å². The van der Waals surface area contributed by atoms with Gasteiger partial charge in [-0.25, -0.2) is 4.79 Å². The first kappa shape index (κ1) is 24.9. The summed E-state index contributed by atoms with van der Waals surface area (Å²) in [6, 6.07) is 8.34. The highest BCUT2D eigenvalue weighted by Crippen LogP contribution is 2.12. The van der Waals surface area contributed by atoms with Crippen LogP contribution >= 0.6 is 0 Å². The van der Waals surface area contributed by atoms with Crippen molar-refractivity contribution >= 4 is 29.5 Å². The minimum Gasteiger partial charge on any atom is -0.466 e. The normalized spacial score (nSPS) is 10.1. The lowest BCUT2D eigenvalue weighted by Crippen LogP contribution is -2.49. The first-order valence-electron chi connectivity index (χ1n) is 10.1. The van der Waals surface area contributed by atoms with Crippen LogP contribution in [-0.4, -0.2) is 55.5 Å². The van der Waals surface area contributed by atoms with Gasteiger partial charge in [0.15, 0.2) is 0 Å². The number of para-hydroxylation sites is 1. The summed E-state index contributed by atoms with van der Waals surface area (Å²) < 4.78 is 4.86. The molecule has 8 heteroatoms. The first-order chi connectivity index (χ1) is 14.4. The molecular weight excluding hydrogens is 386 g/mol. The molecule has 0 heterocycles. The van der Waals surface area contributed by atoms with E-state index >= 15 is 0 Å². The highest BCUT2D eigenvalue weighted by molar-refractivity contribution is 6.02. The second kappa shape index (κ2) is 13.9. The SMILES string of the molecule is C=CCNC(=O)N(CC(=O)N(C)c1ccccc1)C(=O)CCCCCC(=O)OCC. The van der Waals surface area contributed by atoms with Crippen molar-refractivity contribution in [2.45, 2.75) is 39.0 Å². The number of imide groups is 1. The van der Waals surface area contributed by atoms with Gasteiger partial charge in [-0.3, -0.25) is 19.3 Å². The van der Waals surface area contributed by atoms with Crippen LogP contribution in [0, 0.1) is 0 Å². The third-order valence-electron chi connectivity index (χ3n) is 4.33. The van der Waals surface area contributed by atoms with E-state index < -0.39 is 11.9 Å². The number of benzene rings is 1. The predicted octanol–water partition coefficient (Wildman–Crippen LogP) is 2.89. The number of likely N-dealkylation sites (N-methyl/N-ethyl adjacent to an activating group) is 1. The van der Waals surface area contributed by atoms with Crippen LogP contribution < -0.4 is 10.2 Å². The topological polar surface area (TPSA) is 96.0 Å².